The monoisotopic (exact) mass is 309 g/mol. The van der Waals surface area contributed by atoms with E-state index < -0.39 is 0 Å². The van der Waals surface area contributed by atoms with Crippen molar-refractivity contribution < 1.29 is 9.94 Å². The Kier molecular flexibility index (Phi) is 4.70. The van der Waals surface area contributed by atoms with Gasteiger partial charge in [0.2, 0.25) is 5.88 Å². The van der Waals surface area contributed by atoms with E-state index >= 15 is 0 Å². The van der Waals surface area contributed by atoms with Gasteiger partial charge in [0.15, 0.2) is 5.84 Å². The lowest BCUT2D eigenvalue weighted by molar-refractivity contribution is 0.318. The number of hydrogen-bond acceptors (Lipinski definition) is 5. The number of nitrogens with two attached hydrogens (primary N) is 1. The lowest BCUT2D eigenvalue weighted by atomic mass is 10.2. The van der Waals surface area contributed by atoms with Crippen LogP contribution in [0.15, 0.2) is 46.6 Å². The van der Waals surface area contributed by atoms with Gasteiger partial charge in [-0.1, -0.05) is 28.9 Å². The molecule has 1 aromatic carbocycles. The SMILES string of the molecule is CSc1ccccc1Oc1nccc(/C(N)=N/O)c1Cl. The van der Waals surface area contributed by atoms with Gasteiger partial charge in [-0.2, -0.15) is 0 Å². The van der Waals surface area contributed by atoms with Crippen LogP contribution < -0.4 is 10.5 Å². The molecule has 2 rings (SSSR count). The van der Waals surface area contributed by atoms with Crippen LogP contribution in [0.2, 0.25) is 5.02 Å². The summed E-state index contributed by atoms with van der Waals surface area (Å²) in [5.41, 5.74) is 5.90. The lowest BCUT2D eigenvalue weighted by Gasteiger charge is -2.11. The molecule has 0 saturated heterocycles. The first kappa shape index (κ1) is 14.5. The number of thioether (sulfide) groups is 1. The van der Waals surface area contributed by atoms with E-state index in [0.29, 0.717) is 11.3 Å². The van der Waals surface area contributed by atoms with Gasteiger partial charge in [-0.15, -0.1) is 11.8 Å². The number of benzene rings is 1. The number of pyridine rings is 1. The molecule has 5 nitrogen and oxygen atoms in total. The predicted octanol–water partition coefficient (Wildman–Crippen LogP) is 3.34. The molecule has 3 N–H and O–H groups in total. The molecule has 0 radical (unpaired) electrons. The number of nitrogens with zero attached hydrogens (tertiary/aromatic N) is 2. The maximum absolute atomic E-state index is 8.72. The van der Waals surface area contributed by atoms with E-state index in [0.717, 1.165) is 4.90 Å². The van der Waals surface area contributed by atoms with Crippen molar-refractivity contribution in [2.24, 2.45) is 10.9 Å². The summed E-state index contributed by atoms with van der Waals surface area (Å²) < 4.78 is 5.71. The third kappa shape index (κ3) is 2.97. The smallest absolute Gasteiger partial charge is 0.238 e. The van der Waals surface area contributed by atoms with Gasteiger partial charge in [-0.25, -0.2) is 4.98 Å². The second kappa shape index (κ2) is 6.49. The highest BCUT2D eigenvalue weighted by Crippen LogP contribution is 2.34. The summed E-state index contributed by atoms with van der Waals surface area (Å²) in [7, 11) is 0. The summed E-state index contributed by atoms with van der Waals surface area (Å²) in [5, 5.41) is 11.8. The van der Waals surface area contributed by atoms with Gasteiger partial charge in [-0.05, 0) is 24.5 Å². The quantitative estimate of drug-likeness (QED) is 0.298. The third-order valence-corrected chi connectivity index (χ3v) is 3.66. The fourth-order valence-electron chi connectivity index (χ4n) is 1.55. The highest BCUT2D eigenvalue weighted by atomic mass is 35.5. The molecule has 1 aromatic heterocycles. The van der Waals surface area contributed by atoms with Gasteiger partial charge >= 0.3 is 0 Å². The molecule has 0 spiro atoms. The zero-order chi connectivity index (χ0) is 14.5. The zero-order valence-corrected chi connectivity index (χ0v) is 12.1. The predicted molar refractivity (Wildman–Crippen MR) is 80.1 cm³/mol. The lowest BCUT2D eigenvalue weighted by Crippen LogP contribution is -2.14. The third-order valence-electron chi connectivity index (χ3n) is 2.52. The summed E-state index contributed by atoms with van der Waals surface area (Å²) in [6, 6.07) is 9.07. The van der Waals surface area contributed by atoms with Crippen molar-refractivity contribution in [3.8, 4) is 11.6 Å². The normalized spacial score (nSPS) is 11.4. The summed E-state index contributed by atoms with van der Waals surface area (Å²) >= 11 is 7.71. The van der Waals surface area contributed by atoms with E-state index in [1.807, 2.05) is 30.5 Å². The fourth-order valence-corrected chi connectivity index (χ4v) is 2.33. The van der Waals surface area contributed by atoms with Gasteiger partial charge in [0.05, 0.1) is 0 Å². The maximum atomic E-state index is 8.72. The molecule has 0 aliphatic carbocycles. The number of hydrogen-bond donors (Lipinski definition) is 2. The van der Waals surface area contributed by atoms with E-state index in [4.69, 9.17) is 27.3 Å². The largest absolute Gasteiger partial charge is 0.436 e. The molecule has 0 amide bonds. The molecule has 1 heterocycles. The van der Waals surface area contributed by atoms with Crippen LogP contribution in [0.3, 0.4) is 0 Å². The van der Waals surface area contributed by atoms with Gasteiger partial charge in [0, 0.05) is 16.7 Å². The highest BCUT2D eigenvalue weighted by molar-refractivity contribution is 7.98. The van der Waals surface area contributed by atoms with Crippen molar-refractivity contribution in [3.63, 3.8) is 0 Å². The molecule has 0 unspecified atom stereocenters. The van der Waals surface area contributed by atoms with E-state index in [1.165, 1.54) is 6.20 Å². The number of rotatable bonds is 4. The Morgan fingerprint density at radius 1 is 1.40 bits per heavy atom. The molecule has 7 heteroatoms. The number of para-hydroxylation sites is 1. The van der Waals surface area contributed by atoms with Crippen molar-refractivity contribution in [2.45, 2.75) is 4.90 Å². The Hall–Kier alpha value is -1.92. The Morgan fingerprint density at radius 3 is 2.85 bits per heavy atom. The molecule has 0 fully saturated rings. The average Bonchev–Trinajstić information content (AvgIpc) is 2.49. The van der Waals surface area contributed by atoms with Crippen molar-refractivity contribution >= 4 is 29.2 Å². The Morgan fingerprint density at radius 2 is 2.15 bits per heavy atom. The number of oxime groups is 1. The standard InChI is InChI=1S/C13H12ClN3O2S/c1-20-10-5-3-2-4-9(10)19-13-11(14)8(6-7-16-13)12(15)17-18/h2-7,18H,1H3,(H2,15,17). The number of ether oxygens (including phenoxy) is 1. The molecule has 0 saturated carbocycles. The van der Waals surface area contributed by atoms with E-state index in [2.05, 4.69) is 10.1 Å². The summed E-state index contributed by atoms with van der Waals surface area (Å²) in [5.74, 6) is 0.753. The molecular formula is C13H12ClN3O2S. The number of aromatic nitrogens is 1. The Labute approximate surface area is 125 Å². The van der Waals surface area contributed by atoms with Crippen molar-refractivity contribution in [1.82, 2.24) is 4.98 Å². The van der Waals surface area contributed by atoms with Crippen LogP contribution >= 0.6 is 23.4 Å². The van der Waals surface area contributed by atoms with E-state index in [1.54, 1.807) is 17.8 Å². The molecule has 0 bridgehead atoms. The number of halogens is 1. The van der Waals surface area contributed by atoms with E-state index in [-0.39, 0.29) is 16.7 Å². The fraction of sp³-hybridized carbons (Fsp3) is 0.0769. The molecule has 0 aliphatic rings. The van der Waals surface area contributed by atoms with Crippen molar-refractivity contribution in [1.29, 1.82) is 0 Å². The molecule has 0 aliphatic heterocycles. The van der Waals surface area contributed by atoms with Crippen molar-refractivity contribution in [3.05, 3.63) is 47.1 Å². The topological polar surface area (TPSA) is 80.7 Å². The van der Waals surface area contributed by atoms with Crippen LogP contribution in [0.4, 0.5) is 0 Å². The first-order valence-corrected chi connectivity index (χ1v) is 7.21. The summed E-state index contributed by atoms with van der Waals surface area (Å²) in [6.07, 6.45) is 3.43. The van der Waals surface area contributed by atoms with Gasteiger partial charge in [0.25, 0.3) is 0 Å². The Bertz CT molecular complexity index is 649. The molecule has 0 atom stereocenters. The highest BCUT2D eigenvalue weighted by Gasteiger charge is 2.14. The second-order valence-corrected chi connectivity index (χ2v) is 4.94. The minimum Gasteiger partial charge on any atom is -0.436 e. The van der Waals surface area contributed by atoms with Crippen molar-refractivity contribution in [2.75, 3.05) is 6.26 Å². The van der Waals surface area contributed by atoms with Crippen LogP contribution in [-0.4, -0.2) is 22.3 Å². The number of amidine groups is 1. The zero-order valence-electron chi connectivity index (χ0n) is 10.6. The van der Waals surface area contributed by atoms with Crippen LogP contribution in [0.1, 0.15) is 5.56 Å². The van der Waals surface area contributed by atoms with E-state index in [9.17, 15) is 0 Å². The molecule has 104 valence electrons. The molecular weight excluding hydrogens is 298 g/mol. The van der Waals surface area contributed by atoms with Gasteiger partial charge < -0.3 is 15.7 Å². The summed E-state index contributed by atoms with van der Waals surface area (Å²) in [4.78, 5) is 5.03. The minimum absolute atomic E-state index is 0.0969. The minimum atomic E-state index is -0.0969. The van der Waals surface area contributed by atoms with Crippen LogP contribution in [0.5, 0.6) is 11.6 Å². The first-order chi connectivity index (χ1) is 9.67. The van der Waals surface area contributed by atoms with Crippen LogP contribution in [0, 0.1) is 0 Å². The second-order valence-electron chi connectivity index (χ2n) is 3.72. The summed E-state index contributed by atoms with van der Waals surface area (Å²) in [6.45, 7) is 0. The maximum Gasteiger partial charge on any atom is 0.238 e. The van der Waals surface area contributed by atoms with Crippen LogP contribution in [0.25, 0.3) is 0 Å². The molecule has 20 heavy (non-hydrogen) atoms. The molecule has 2 aromatic rings. The van der Waals surface area contributed by atoms with Gasteiger partial charge in [0.1, 0.15) is 10.8 Å². The first-order valence-electron chi connectivity index (χ1n) is 5.60. The average molecular weight is 310 g/mol. The van der Waals surface area contributed by atoms with Gasteiger partial charge in [-0.3, -0.25) is 0 Å². The van der Waals surface area contributed by atoms with Crippen LogP contribution in [-0.2, 0) is 0 Å². The Balaban J connectivity index is 2.40.